The second-order valence-corrected chi connectivity index (χ2v) is 4.01. The van der Waals surface area contributed by atoms with Crippen molar-refractivity contribution < 1.29 is 9.53 Å². The first-order valence-electron chi connectivity index (χ1n) is 4.04. The lowest BCUT2D eigenvalue weighted by Crippen LogP contribution is -2.13. The molecule has 0 aliphatic carbocycles. The standard InChI is InChI=1S/C8H13NO2S/c1-6(2)11-8(10)5-7-9-3-4-12-7/h6H,3-5H2,1-2H3. The number of carbonyl (C=O) groups excluding carboxylic acids is 1. The fourth-order valence-corrected chi connectivity index (χ4v) is 1.74. The lowest BCUT2D eigenvalue weighted by Gasteiger charge is -2.06. The molecule has 0 aromatic rings. The lowest BCUT2D eigenvalue weighted by atomic mass is 10.4. The van der Waals surface area contributed by atoms with Crippen LogP contribution in [-0.4, -0.2) is 29.4 Å². The van der Waals surface area contributed by atoms with Crippen LogP contribution >= 0.6 is 11.8 Å². The van der Waals surface area contributed by atoms with Crippen LogP contribution in [0.5, 0.6) is 0 Å². The van der Waals surface area contributed by atoms with Gasteiger partial charge in [0.05, 0.1) is 17.6 Å². The van der Waals surface area contributed by atoms with E-state index in [0.717, 1.165) is 17.3 Å². The van der Waals surface area contributed by atoms with Crippen LogP contribution in [0.15, 0.2) is 4.99 Å². The van der Waals surface area contributed by atoms with E-state index in [-0.39, 0.29) is 12.1 Å². The molecular formula is C8H13NO2S. The number of rotatable bonds is 3. The Kier molecular flexibility index (Phi) is 3.59. The van der Waals surface area contributed by atoms with Gasteiger partial charge in [0, 0.05) is 12.3 Å². The predicted molar refractivity (Wildman–Crippen MR) is 50.6 cm³/mol. The summed E-state index contributed by atoms with van der Waals surface area (Å²) < 4.78 is 4.98. The largest absolute Gasteiger partial charge is 0.463 e. The number of carbonyl (C=O) groups is 1. The first kappa shape index (κ1) is 9.58. The lowest BCUT2D eigenvalue weighted by molar-refractivity contribution is -0.145. The van der Waals surface area contributed by atoms with Crippen molar-refractivity contribution >= 4 is 22.8 Å². The highest BCUT2D eigenvalue weighted by atomic mass is 32.2. The molecule has 0 saturated heterocycles. The Morgan fingerprint density at radius 3 is 3.00 bits per heavy atom. The molecule has 0 saturated carbocycles. The molecule has 1 heterocycles. The highest BCUT2D eigenvalue weighted by Gasteiger charge is 2.13. The highest BCUT2D eigenvalue weighted by molar-refractivity contribution is 8.14. The van der Waals surface area contributed by atoms with E-state index < -0.39 is 0 Å². The molecule has 12 heavy (non-hydrogen) atoms. The Bertz CT molecular complexity index is 201. The quantitative estimate of drug-likeness (QED) is 0.628. The fourth-order valence-electron chi connectivity index (χ4n) is 0.914. The van der Waals surface area contributed by atoms with Crippen LogP contribution in [0.25, 0.3) is 0 Å². The van der Waals surface area contributed by atoms with Gasteiger partial charge in [-0.3, -0.25) is 9.79 Å². The maximum absolute atomic E-state index is 11.1. The zero-order chi connectivity index (χ0) is 8.97. The number of hydrogen-bond donors (Lipinski definition) is 0. The third-order valence-corrected chi connectivity index (χ3v) is 2.30. The zero-order valence-electron chi connectivity index (χ0n) is 7.37. The summed E-state index contributed by atoms with van der Waals surface area (Å²) in [6.07, 6.45) is 0.326. The molecule has 0 atom stereocenters. The van der Waals surface area contributed by atoms with Gasteiger partial charge >= 0.3 is 5.97 Å². The van der Waals surface area contributed by atoms with Gasteiger partial charge in [-0.25, -0.2) is 0 Å². The Labute approximate surface area is 76.6 Å². The van der Waals surface area contributed by atoms with E-state index in [9.17, 15) is 4.79 Å². The van der Waals surface area contributed by atoms with Crippen LogP contribution in [0.4, 0.5) is 0 Å². The molecule has 68 valence electrons. The number of hydrogen-bond acceptors (Lipinski definition) is 4. The van der Waals surface area contributed by atoms with Crippen molar-refractivity contribution in [2.45, 2.75) is 26.4 Å². The fraction of sp³-hybridized carbons (Fsp3) is 0.750. The first-order chi connectivity index (χ1) is 5.68. The molecule has 1 aliphatic rings. The summed E-state index contributed by atoms with van der Waals surface area (Å²) >= 11 is 1.65. The summed E-state index contributed by atoms with van der Waals surface area (Å²) in [6.45, 7) is 4.54. The smallest absolute Gasteiger partial charge is 0.312 e. The minimum Gasteiger partial charge on any atom is -0.463 e. The molecular weight excluding hydrogens is 174 g/mol. The number of ether oxygens (including phenoxy) is 1. The second kappa shape index (κ2) is 4.50. The van der Waals surface area contributed by atoms with Gasteiger partial charge < -0.3 is 4.74 Å². The minimum absolute atomic E-state index is 0.0236. The number of esters is 1. The summed E-state index contributed by atoms with van der Waals surface area (Å²) in [5.74, 6) is 0.836. The van der Waals surface area contributed by atoms with Gasteiger partial charge in [0.1, 0.15) is 0 Å². The highest BCUT2D eigenvalue weighted by Crippen LogP contribution is 2.14. The normalized spacial score (nSPS) is 16.4. The van der Waals surface area contributed by atoms with Crippen LogP contribution in [0.3, 0.4) is 0 Å². The van der Waals surface area contributed by atoms with Crippen molar-refractivity contribution in [3.8, 4) is 0 Å². The number of thioether (sulfide) groups is 1. The van der Waals surface area contributed by atoms with E-state index in [4.69, 9.17) is 4.74 Å². The molecule has 0 unspecified atom stereocenters. The van der Waals surface area contributed by atoms with Crippen molar-refractivity contribution in [1.29, 1.82) is 0 Å². The molecule has 0 aromatic carbocycles. The average molecular weight is 187 g/mol. The molecule has 0 radical (unpaired) electrons. The molecule has 3 nitrogen and oxygen atoms in total. The van der Waals surface area contributed by atoms with Gasteiger partial charge in [-0.2, -0.15) is 0 Å². The Morgan fingerprint density at radius 2 is 2.50 bits per heavy atom. The molecule has 0 aromatic heterocycles. The van der Waals surface area contributed by atoms with E-state index in [1.807, 2.05) is 13.8 Å². The Hall–Kier alpha value is -0.510. The second-order valence-electron chi connectivity index (χ2n) is 2.84. The van der Waals surface area contributed by atoms with Crippen molar-refractivity contribution in [2.24, 2.45) is 4.99 Å². The summed E-state index contributed by atoms with van der Waals surface area (Å²) in [7, 11) is 0. The third kappa shape index (κ3) is 3.26. The van der Waals surface area contributed by atoms with Crippen molar-refractivity contribution in [2.75, 3.05) is 12.3 Å². The zero-order valence-corrected chi connectivity index (χ0v) is 8.19. The molecule has 1 aliphatic heterocycles. The van der Waals surface area contributed by atoms with E-state index in [1.165, 1.54) is 0 Å². The molecule has 0 spiro atoms. The molecule has 0 fully saturated rings. The molecule has 0 amide bonds. The van der Waals surface area contributed by atoms with Gasteiger partial charge in [-0.15, -0.1) is 11.8 Å². The number of nitrogens with zero attached hydrogens (tertiary/aromatic N) is 1. The topological polar surface area (TPSA) is 38.7 Å². The van der Waals surface area contributed by atoms with E-state index >= 15 is 0 Å². The SMILES string of the molecule is CC(C)OC(=O)CC1=NCCS1. The summed E-state index contributed by atoms with van der Waals surface area (Å²) in [6, 6.07) is 0. The van der Waals surface area contributed by atoms with Gasteiger partial charge in [-0.05, 0) is 13.8 Å². The van der Waals surface area contributed by atoms with Gasteiger partial charge in [-0.1, -0.05) is 0 Å². The van der Waals surface area contributed by atoms with E-state index in [0.29, 0.717) is 6.42 Å². The molecule has 4 heteroatoms. The van der Waals surface area contributed by atoms with Crippen LogP contribution in [-0.2, 0) is 9.53 Å². The van der Waals surface area contributed by atoms with Crippen molar-refractivity contribution in [1.82, 2.24) is 0 Å². The first-order valence-corrected chi connectivity index (χ1v) is 5.02. The maximum atomic E-state index is 11.1. The van der Waals surface area contributed by atoms with Gasteiger partial charge in [0.25, 0.3) is 0 Å². The monoisotopic (exact) mass is 187 g/mol. The van der Waals surface area contributed by atoms with E-state index in [1.54, 1.807) is 11.8 Å². The molecule has 0 bridgehead atoms. The minimum atomic E-state index is -0.168. The van der Waals surface area contributed by atoms with Crippen LogP contribution in [0.1, 0.15) is 20.3 Å². The Morgan fingerprint density at radius 1 is 1.75 bits per heavy atom. The molecule has 1 rings (SSSR count). The van der Waals surface area contributed by atoms with Crippen LogP contribution in [0, 0.1) is 0 Å². The van der Waals surface area contributed by atoms with Gasteiger partial charge in [0.2, 0.25) is 0 Å². The third-order valence-electron chi connectivity index (χ3n) is 1.31. The van der Waals surface area contributed by atoms with Gasteiger partial charge in [0.15, 0.2) is 0 Å². The Balaban J connectivity index is 2.26. The van der Waals surface area contributed by atoms with Crippen molar-refractivity contribution in [3.63, 3.8) is 0 Å². The average Bonchev–Trinajstić information content (AvgIpc) is 2.37. The molecule has 0 N–H and O–H groups in total. The summed E-state index contributed by atoms with van der Waals surface area (Å²) in [4.78, 5) is 15.3. The van der Waals surface area contributed by atoms with E-state index in [2.05, 4.69) is 4.99 Å². The van der Waals surface area contributed by atoms with Crippen LogP contribution in [0.2, 0.25) is 0 Å². The van der Waals surface area contributed by atoms with Crippen molar-refractivity contribution in [3.05, 3.63) is 0 Å². The number of aliphatic imine (C=N–C) groups is 1. The van der Waals surface area contributed by atoms with Crippen LogP contribution < -0.4 is 0 Å². The predicted octanol–water partition coefficient (Wildman–Crippen LogP) is 1.47. The summed E-state index contributed by atoms with van der Waals surface area (Å²) in [5.41, 5.74) is 0. The maximum Gasteiger partial charge on any atom is 0.312 e. The summed E-state index contributed by atoms with van der Waals surface area (Å²) in [5, 5.41) is 0.917.